The summed E-state index contributed by atoms with van der Waals surface area (Å²) in [7, 11) is 0. The number of aliphatic hydroxyl groups is 1. The highest BCUT2D eigenvalue weighted by Gasteiger charge is 2.17. The topological polar surface area (TPSA) is 62.2 Å². The summed E-state index contributed by atoms with van der Waals surface area (Å²) >= 11 is 1.35. The summed E-state index contributed by atoms with van der Waals surface area (Å²) < 4.78 is 0.975. The van der Waals surface area contributed by atoms with Gasteiger partial charge < -0.3 is 10.4 Å². The van der Waals surface area contributed by atoms with Crippen LogP contribution in [0.25, 0.3) is 10.2 Å². The van der Waals surface area contributed by atoms with Gasteiger partial charge in [0.15, 0.2) is 5.01 Å². The van der Waals surface area contributed by atoms with Gasteiger partial charge in [0.2, 0.25) is 0 Å². The molecule has 0 aliphatic rings. The molecule has 1 aromatic heterocycles. The van der Waals surface area contributed by atoms with E-state index in [1.54, 1.807) is 0 Å². The SMILES string of the molecule is O=C(N[C@H](CO)c1ccccc1)c1nc2ccccc2s1. The predicted molar refractivity (Wildman–Crippen MR) is 83.4 cm³/mol. The van der Waals surface area contributed by atoms with Crippen LogP contribution in [0.5, 0.6) is 0 Å². The number of rotatable bonds is 4. The van der Waals surface area contributed by atoms with Crippen LogP contribution in [-0.2, 0) is 0 Å². The number of hydrogen-bond donors (Lipinski definition) is 2. The first-order valence-corrected chi connectivity index (χ1v) is 7.42. The van der Waals surface area contributed by atoms with Gasteiger partial charge in [0, 0.05) is 0 Å². The standard InChI is InChI=1S/C16H14N2O2S/c19-10-13(11-6-2-1-3-7-11)17-15(20)16-18-12-8-4-5-9-14(12)21-16/h1-9,13,19H,10H2,(H,17,20)/t13-/m1/s1. The summed E-state index contributed by atoms with van der Waals surface area (Å²) in [6.45, 7) is -0.152. The molecule has 5 heteroatoms. The van der Waals surface area contributed by atoms with E-state index in [0.717, 1.165) is 15.8 Å². The molecule has 0 aliphatic carbocycles. The molecule has 0 fully saturated rings. The highest BCUT2D eigenvalue weighted by Crippen LogP contribution is 2.22. The van der Waals surface area contributed by atoms with Gasteiger partial charge in [-0.1, -0.05) is 42.5 Å². The van der Waals surface area contributed by atoms with Crippen molar-refractivity contribution in [1.29, 1.82) is 0 Å². The van der Waals surface area contributed by atoms with Crippen LogP contribution in [0.2, 0.25) is 0 Å². The first-order valence-electron chi connectivity index (χ1n) is 6.60. The fourth-order valence-electron chi connectivity index (χ4n) is 2.11. The third kappa shape index (κ3) is 2.94. The van der Waals surface area contributed by atoms with Crippen LogP contribution >= 0.6 is 11.3 Å². The Labute approximate surface area is 126 Å². The first-order chi connectivity index (χ1) is 10.3. The van der Waals surface area contributed by atoms with E-state index in [-0.39, 0.29) is 12.5 Å². The lowest BCUT2D eigenvalue weighted by atomic mass is 10.1. The first kappa shape index (κ1) is 13.7. The molecule has 2 N–H and O–H groups in total. The number of aromatic nitrogens is 1. The maximum absolute atomic E-state index is 12.3. The zero-order chi connectivity index (χ0) is 14.7. The van der Waals surface area contributed by atoms with Gasteiger partial charge in [-0.3, -0.25) is 4.79 Å². The Hall–Kier alpha value is -2.24. The van der Waals surface area contributed by atoms with Crippen LogP contribution in [0.1, 0.15) is 21.4 Å². The number of fused-ring (bicyclic) bond motifs is 1. The van der Waals surface area contributed by atoms with Gasteiger partial charge in [0.05, 0.1) is 22.9 Å². The quantitative estimate of drug-likeness (QED) is 0.778. The molecular weight excluding hydrogens is 284 g/mol. The van der Waals surface area contributed by atoms with E-state index in [1.807, 2.05) is 54.6 Å². The molecule has 1 atom stereocenters. The number of benzene rings is 2. The Bertz CT molecular complexity index is 722. The Morgan fingerprint density at radius 2 is 1.86 bits per heavy atom. The van der Waals surface area contributed by atoms with E-state index in [0.29, 0.717) is 5.01 Å². The minimum atomic E-state index is -0.425. The number of hydrogen-bond acceptors (Lipinski definition) is 4. The number of nitrogens with one attached hydrogen (secondary N) is 1. The Morgan fingerprint density at radius 1 is 1.14 bits per heavy atom. The summed E-state index contributed by atoms with van der Waals surface area (Å²) in [5.74, 6) is -0.265. The zero-order valence-corrected chi connectivity index (χ0v) is 12.0. The number of para-hydroxylation sites is 1. The van der Waals surface area contributed by atoms with Crippen molar-refractivity contribution in [2.75, 3.05) is 6.61 Å². The minimum absolute atomic E-state index is 0.152. The summed E-state index contributed by atoms with van der Waals surface area (Å²) in [6.07, 6.45) is 0. The monoisotopic (exact) mass is 298 g/mol. The number of carbonyl (C=O) groups is 1. The molecule has 0 unspecified atom stereocenters. The Morgan fingerprint density at radius 3 is 2.57 bits per heavy atom. The normalized spacial score (nSPS) is 12.2. The maximum atomic E-state index is 12.3. The molecule has 0 spiro atoms. The molecule has 0 saturated heterocycles. The summed E-state index contributed by atoms with van der Waals surface area (Å²) in [5.41, 5.74) is 1.68. The average molecular weight is 298 g/mol. The molecule has 0 aliphatic heterocycles. The number of thiazole rings is 1. The van der Waals surface area contributed by atoms with Gasteiger partial charge in [-0.15, -0.1) is 11.3 Å². The lowest BCUT2D eigenvalue weighted by molar-refractivity contribution is 0.0916. The van der Waals surface area contributed by atoms with E-state index < -0.39 is 6.04 Å². The summed E-state index contributed by atoms with van der Waals surface area (Å²) in [4.78, 5) is 16.6. The lowest BCUT2D eigenvalue weighted by Gasteiger charge is -2.15. The molecule has 1 amide bonds. The van der Waals surface area contributed by atoms with Crippen molar-refractivity contribution in [2.45, 2.75) is 6.04 Å². The second-order valence-electron chi connectivity index (χ2n) is 4.61. The van der Waals surface area contributed by atoms with E-state index in [9.17, 15) is 9.90 Å². The van der Waals surface area contributed by atoms with E-state index in [1.165, 1.54) is 11.3 Å². The number of nitrogens with zero attached hydrogens (tertiary/aromatic N) is 1. The van der Waals surface area contributed by atoms with E-state index >= 15 is 0 Å². The Balaban J connectivity index is 1.81. The second kappa shape index (κ2) is 6.03. The zero-order valence-electron chi connectivity index (χ0n) is 11.2. The predicted octanol–water partition coefficient (Wildman–Crippen LogP) is 2.76. The highest BCUT2D eigenvalue weighted by molar-refractivity contribution is 7.20. The molecule has 3 aromatic rings. The van der Waals surface area contributed by atoms with Crippen molar-refractivity contribution in [3.8, 4) is 0 Å². The summed E-state index contributed by atoms with van der Waals surface area (Å²) in [5, 5.41) is 12.7. The van der Waals surface area contributed by atoms with Crippen LogP contribution in [-0.4, -0.2) is 22.6 Å². The smallest absolute Gasteiger partial charge is 0.280 e. The molecule has 21 heavy (non-hydrogen) atoms. The molecule has 106 valence electrons. The van der Waals surface area contributed by atoms with Gasteiger partial charge in [0.25, 0.3) is 5.91 Å². The molecule has 2 aromatic carbocycles. The van der Waals surface area contributed by atoms with Gasteiger partial charge >= 0.3 is 0 Å². The fraction of sp³-hybridized carbons (Fsp3) is 0.125. The second-order valence-corrected chi connectivity index (χ2v) is 5.64. The van der Waals surface area contributed by atoms with E-state index in [2.05, 4.69) is 10.3 Å². The van der Waals surface area contributed by atoms with Crippen molar-refractivity contribution in [3.63, 3.8) is 0 Å². The molecule has 0 bridgehead atoms. The van der Waals surface area contributed by atoms with Gasteiger partial charge in [-0.2, -0.15) is 0 Å². The number of carbonyl (C=O) groups excluding carboxylic acids is 1. The maximum Gasteiger partial charge on any atom is 0.280 e. The van der Waals surface area contributed by atoms with Gasteiger partial charge in [0.1, 0.15) is 0 Å². The average Bonchev–Trinajstić information content (AvgIpc) is 2.97. The number of aliphatic hydroxyl groups excluding tert-OH is 1. The third-order valence-electron chi connectivity index (χ3n) is 3.18. The van der Waals surface area contributed by atoms with Gasteiger partial charge in [-0.25, -0.2) is 4.98 Å². The van der Waals surface area contributed by atoms with Crippen LogP contribution in [0.3, 0.4) is 0 Å². The largest absolute Gasteiger partial charge is 0.394 e. The van der Waals surface area contributed by atoms with Crippen LogP contribution in [0.4, 0.5) is 0 Å². The van der Waals surface area contributed by atoms with Crippen LogP contribution in [0.15, 0.2) is 54.6 Å². The minimum Gasteiger partial charge on any atom is -0.394 e. The van der Waals surface area contributed by atoms with Crippen molar-refractivity contribution < 1.29 is 9.90 Å². The molecular formula is C16H14N2O2S. The Kier molecular flexibility index (Phi) is 3.94. The third-order valence-corrected chi connectivity index (χ3v) is 4.21. The van der Waals surface area contributed by atoms with Gasteiger partial charge in [-0.05, 0) is 17.7 Å². The molecule has 0 radical (unpaired) electrons. The number of amides is 1. The van der Waals surface area contributed by atoms with Crippen molar-refractivity contribution in [1.82, 2.24) is 10.3 Å². The molecule has 4 nitrogen and oxygen atoms in total. The van der Waals surface area contributed by atoms with Crippen LogP contribution in [0, 0.1) is 0 Å². The fourth-order valence-corrected chi connectivity index (χ4v) is 2.98. The van der Waals surface area contributed by atoms with E-state index in [4.69, 9.17) is 0 Å². The molecule has 3 rings (SSSR count). The van der Waals surface area contributed by atoms with Crippen LogP contribution < -0.4 is 5.32 Å². The summed E-state index contributed by atoms with van der Waals surface area (Å²) in [6, 6.07) is 16.6. The highest BCUT2D eigenvalue weighted by atomic mass is 32.1. The van der Waals surface area contributed by atoms with Crippen molar-refractivity contribution >= 4 is 27.5 Å². The van der Waals surface area contributed by atoms with Crippen molar-refractivity contribution in [3.05, 3.63) is 65.2 Å². The molecule has 0 saturated carbocycles. The molecule has 1 heterocycles. The van der Waals surface area contributed by atoms with Crippen molar-refractivity contribution in [2.24, 2.45) is 0 Å². The lowest BCUT2D eigenvalue weighted by Crippen LogP contribution is -2.30.